The summed E-state index contributed by atoms with van der Waals surface area (Å²) in [6.07, 6.45) is 7.52. The van der Waals surface area contributed by atoms with Gasteiger partial charge in [-0.05, 0) is 67.7 Å². The fraction of sp³-hybridized carbons (Fsp3) is 0.579. The molecule has 0 radical (unpaired) electrons. The van der Waals surface area contributed by atoms with E-state index in [4.69, 9.17) is 0 Å². The summed E-state index contributed by atoms with van der Waals surface area (Å²) < 4.78 is 0. The zero-order valence-corrected chi connectivity index (χ0v) is 13.5. The van der Waals surface area contributed by atoms with Gasteiger partial charge in [0.2, 0.25) is 11.8 Å². The van der Waals surface area contributed by atoms with E-state index in [-0.39, 0.29) is 11.8 Å². The van der Waals surface area contributed by atoms with E-state index in [0.717, 1.165) is 36.2 Å². The van der Waals surface area contributed by atoms with E-state index < -0.39 is 0 Å². The highest BCUT2D eigenvalue weighted by molar-refractivity contribution is 5.96. The van der Waals surface area contributed by atoms with E-state index >= 15 is 0 Å². The lowest BCUT2D eigenvalue weighted by Crippen LogP contribution is -2.23. The van der Waals surface area contributed by atoms with Gasteiger partial charge in [-0.1, -0.05) is 6.42 Å². The van der Waals surface area contributed by atoms with Crippen molar-refractivity contribution in [2.75, 3.05) is 16.8 Å². The van der Waals surface area contributed by atoms with Crippen molar-refractivity contribution in [3.63, 3.8) is 0 Å². The van der Waals surface area contributed by atoms with Gasteiger partial charge in [0.25, 0.3) is 0 Å². The van der Waals surface area contributed by atoms with Gasteiger partial charge < -0.3 is 10.2 Å². The lowest BCUT2D eigenvalue weighted by Gasteiger charge is -2.21. The van der Waals surface area contributed by atoms with Crippen molar-refractivity contribution >= 4 is 23.2 Å². The number of nitrogens with one attached hydrogen (secondary N) is 1. The summed E-state index contributed by atoms with van der Waals surface area (Å²) in [4.78, 5) is 25.8. The van der Waals surface area contributed by atoms with Crippen LogP contribution in [0.15, 0.2) is 24.3 Å². The quantitative estimate of drug-likeness (QED) is 0.924. The van der Waals surface area contributed by atoms with Gasteiger partial charge in [-0.15, -0.1) is 0 Å². The molecule has 1 N–H and O–H groups in total. The number of carbonyl (C=O) groups is 2. The summed E-state index contributed by atoms with van der Waals surface area (Å²) in [6.45, 7) is 0.800. The number of benzene rings is 1. The van der Waals surface area contributed by atoms with Crippen LogP contribution in [0, 0.1) is 17.8 Å². The Kier molecular flexibility index (Phi) is 3.83. The Labute approximate surface area is 137 Å². The second-order valence-corrected chi connectivity index (χ2v) is 7.38. The van der Waals surface area contributed by atoms with Crippen LogP contribution in [0.1, 0.15) is 44.9 Å². The van der Waals surface area contributed by atoms with Crippen molar-refractivity contribution in [2.45, 2.75) is 44.9 Å². The minimum atomic E-state index is 0.132. The van der Waals surface area contributed by atoms with Crippen LogP contribution in [0.2, 0.25) is 0 Å². The number of nitrogens with zero attached hydrogens (tertiary/aromatic N) is 1. The maximum atomic E-state index is 12.3. The summed E-state index contributed by atoms with van der Waals surface area (Å²) in [5, 5.41) is 3.01. The van der Waals surface area contributed by atoms with Crippen LogP contribution >= 0.6 is 0 Å². The molecule has 122 valence electrons. The average molecular weight is 312 g/mol. The van der Waals surface area contributed by atoms with Crippen LogP contribution in [0.5, 0.6) is 0 Å². The number of hydrogen-bond acceptors (Lipinski definition) is 2. The molecular formula is C19H24N2O2. The van der Waals surface area contributed by atoms with Gasteiger partial charge in [-0.2, -0.15) is 0 Å². The molecule has 3 fully saturated rings. The molecular weight excluding hydrogens is 288 g/mol. The lowest BCUT2D eigenvalue weighted by atomic mass is 9.86. The minimum absolute atomic E-state index is 0.132. The Hall–Kier alpha value is -1.84. The van der Waals surface area contributed by atoms with Gasteiger partial charge in [0.1, 0.15) is 0 Å². The molecule has 0 spiro atoms. The third-order valence-electron chi connectivity index (χ3n) is 5.87. The number of carbonyl (C=O) groups excluding carboxylic acids is 2. The molecule has 1 aliphatic heterocycles. The van der Waals surface area contributed by atoms with Gasteiger partial charge in [0.05, 0.1) is 0 Å². The smallest absolute Gasteiger partial charge is 0.227 e. The number of rotatable bonds is 4. The van der Waals surface area contributed by atoms with Gasteiger partial charge in [-0.3, -0.25) is 9.59 Å². The molecule has 23 heavy (non-hydrogen) atoms. The topological polar surface area (TPSA) is 49.4 Å². The van der Waals surface area contributed by atoms with Crippen molar-refractivity contribution in [1.82, 2.24) is 0 Å². The fourth-order valence-electron chi connectivity index (χ4n) is 4.72. The zero-order chi connectivity index (χ0) is 15.8. The zero-order valence-electron chi connectivity index (χ0n) is 13.5. The van der Waals surface area contributed by atoms with Crippen LogP contribution in [0.3, 0.4) is 0 Å². The van der Waals surface area contributed by atoms with E-state index in [9.17, 15) is 9.59 Å². The maximum absolute atomic E-state index is 12.3. The highest BCUT2D eigenvalue weighted by atomic mass is 16.2. The van der Waals surface area contributed by atoms with Crippen molar-refractivity contribution < 1.29 is 9.59 Å². The molecule has 2 aliphatic carbocycles. The monoisotopic (exact) mass is 312 g/mol. The number of hydrogen-bond donors (Lipinski definition) is 1. The van der Waals surface area contributed by atoms with Crippen molar-refractivity contribution in [3.05, 3.63) is 24.3 Å². The van der Waals surface area contributed by atoms with Crippen LogP contribution in [-0.2, 0) is 9.59 Å². The van der Waals surface area contributed by atoms with Gasteiger partial charge in [0.15, 0.2) is 0 Å². The fourth-order valence-corrected chi connectivity index (χ4v) is 4.72. The predicted octanol–water partition coefficient (Wildman–Crippen LogP) is 3.58. The molecule has 4 rings (SSSR count). The Morgan fingerprint density at radius 2 is 2.00 bits per heavy atom. The highest BCUT2D eigenvalue weighted by Crippen LogP contribution is 2.49. The maximum Gasteiger partial charge on any atom is 0.227 e. The first-order chi connectivity index (χ1) is 11.2. The van der Waals surface area contributed by atoms with Crippen molar-refractivity contribution in [1.29, 1.82) is 0 Å². The molecule has 3 atom stereocenters. The second-order valence-electron chi connectivity index (χ2n) is 7.38. The average Bonchev–Trinajstić information content (AvgIpc) is 3.25. The lowest BCUT2D eigenvalue weighted by molar-refractivity contribution is -0.118. The highest BCUT2D eigenvalue weighted by Gasteiger charge is 2.40. The first kappa shape index (κ1) is 14.7. The summed E-state index contributed by atoms with van der Waals surface area (Å²) in [5.41, 5.74) is 1.76. The van der Waals surface area contributed by atoms with Gasteiger partial charge in [0, 0.05) is 30.8 Å². The SMILES string of the molecule is O=C(C[C@@H]1C[C@@H]2CC[C@@H]1C2)Nc1ccc(N2CCCC2=O)cc1. The standard InChI is InChI=1S/C19H24N2O2/c22-18(12-15-11-13-3-4-14(15)10-13)20-16-5-7-17(8-6-16)21-9-1-2-19(21)23/h5-8,13-15H,1-4,9-12H2,(H,20,22)/t13-,14-,15+/m1/s1. The number of anilines is 2. The molecule has 1 aromatic rings. The van der Waals surface area contributed by atoms with E-state index in [1.54, 1.807) is 0 Å². The third kappa shape index (κ3) is 2.99. The number of fused-ring (bicyclic) bond motifs is 2. The Bertz CT molecular complexity index is 610. The molecule has 2 amide bonds. The number of amides is 2. The molecule has 2 bridgehead atoms. The Morgan fingerprint density at radius 1 is 1.17 bits per heavy atom. The first-order valence-corrected chi connectivity index (χ1v) is 8.89. The Balaban J connectivity index is 1.33. The molecule has 0 unspecified atom stereocenters. The largest absolute Gasteiger partial charge is 0.326 e. The van der Waals surface area contributed by atoms with Gasteiger partial charge in [-0.25, -0.2) is 0 Å². The molecule has 1 heterocycles. The summed E-state index contributed by atoms with van der Waals surface area (Å²) >= 11 is 0. The van der Waals surface area contributed by atoms with Crippen LogP contribution < -0.4 is 10.2 Å². The van der Waals surface area contributed by atoms with Crippen molar-refractivity contribution in [2.24, 2.45) is 17.8 Å². The van der Waals surface area contributed by atoms with E-state index in [2.05, 4.69) is 5.32 Å². The van der Waals surface area contributed by atoms with E-state index in [1.807, 2.05) is 29.2 Å². The van der Waals surface area contributed by atoms with Crippen LogP contribution in [-0.4, -0.2) is 18.4 Å². The van der Waals surface area contributed by atoms with Crippen LogP contribution in [0.4, 0.5) is 11.4 Å². The Morgan fingerprint density at radius 3 is 2.61 bits per heavy atom. The molecule has 4 heteroatoms. The van der Waals surface area contributed by atoms with Crippen molar-refractivity contribution in [3.8, 4) is 0 Å². The normalized spacial score (nSPS) is 29.3. The van der Waals surface area contributed by atoms with Gasteiger partial charge >= 0.3 is 0 Å². The molecule has 3 aliphatic rings. The first-order valence-electron chi connectivity index (χ1n) is 8.89. The minimum Gasteiger partial charge on any atom is -0.326 e. The second kappa shape index (κ2) is 5.99. The summed E-state index contributed by atoms with van der Waals surface area (Å²) in [7, 11) is 0. The molecule has 4 nitrogen and oxygen atoms in total. The summed E-state index contributed by atoms with van der Waals surface area (Å²) in [5.74, 6) is 2.59. The predicted molar refractivity (Wildman–Crippen MR) is 90.2 cm³/mol. The molecule has 2 saturated carbocycles. The third-order valence-corrected chi connectivity index (χ3v) is 5.87. The molecule has 0 aromatic heterocycles. The molecule has 1 saturated heterocycles. The summed E-state index contributed by atoms with van der Waals surface area (Å²) in [6, 6.07) is 7.66. The van der Waals surface area contributed by atoms with E-state index in [0.29, 0.717) is 18.8 Å². The van der Waals surface area contributed by atoms with E-state index in [1.165, 1.54) is 25.7 Å². The molecule has 1 aromatic carbocycles. The van der Waals surface area contributed by atoms with Crippen LogP contribution in [0.25, 0.3) is 0 Å².